The number of H-pyrrole nitrogens is 1. The molecule has 0 unspecified atom stereocenters. The molecule has 0 spiro atoms. The van der Waals surface area contributed by atoms with Crippen LogP contribution in [0, 0.1) is 12.7 Å². The first kappa shape index (κ1) is 9.90. The molecule has 1 aromatic heterocycles. The maximum Gasteiger partial charge on any atom is 0.147 e. The third-order valence-corrected chi connectivity index (χ3v) is 2.53. The van der Waals surface area contributed by atoms with E-state index in [0.29, 0.717) is 11.9 Å². The molecule has 1 N–H and O–H groups in total. The quantitative estimate of drug-likeness (QED) is 0.803. The van der Waals surface area contributed by atoms with Crippen LogP contribution in [0.15, 0.2) is 18.2 Å². The number of hydrogen-bond donors (Lipinski definition) is 1. The minimum atomic E-state index is -0.273. The molecule has 2 rings (SSSR count). The fourth-order valence-electron chi connectivity index (χ4n) is 1.84. The summed E-state index contributed by atoms with van der Waals surface area (Å²) >= 11 is 0. The Bertz CT molecular complexity index is 528. The van der Waals surface area contributed by atoms with Gasteiger partial charge in [0.05, 0.1) is 5.52 Å². The number of carbonyl (C=O) groups is 1. The largest absolute Gasteiger partial charge is 0.356 e. The van der Waals surface area contributed by atoms with Crippen molar-refractivity contribution in [3.8, 4) is 0 Å². The zero-order chi connectivity index (χ0) is 11.0. The Hall–Kier alpha value is -1.64. The Kier molecular flexibility index (Phi) is 2.31. The van der Waals surface area contributed by atoms with Crippen molar-refractivity contribution < 1.29 is 9.18 Å². The number of Topliss-reactive ketones (excluding diaryl/α,β-unsaturated/α-hetero) is 1. The van der Waals surface area contributed by atoms with E-state index in [-0.39, 0.29) is 11.6 Å². The smallest absolute Gasteiger partial charge is 0.147 e. The van der Waals surface area contributed by atoms with Gasteiger partial charge < -0.3 is 4.98 Å². The Balaban J connectivity index is 2.68. The highest BCUT2D eigenvalue weighted by atomic mass is 19.1. The van der Waals surface area contributed by atoms with E-state index in [1.54, 1.807) is 6.07 Å². The van der Waals surface area contributed by atoms with Crippen LogP contribution in [0.25, 0.3) is 10.9 Å². The fourth-order valence-corrected chi connectivity index (χ4v) is 1.84. The van der Waals surface area contributed by atoms with Crippen LogP contribution in [0.2, 0.25) is 0 Å². The van der Waals surface area contributed by atoms with Crippen LogP contribution >= 0.6 is 0 Å². The van der Waals surface area contributed by atoms with Crippen LogP contribution in [0.5, 0.6) is 0 Å². The molecule has 1 heterocycles. The molecule has 78 valence electrons. The fraction of sp³-hybridized carbons (Fsp3) is 0.250. The van der Waals surface area contributed by atoms with Crippen molar-refractivity contribution in [1.82, 2.24) is 4.98 Å². The topological polar surface area (TPSA) is 32.9 Å². The van der Waals surface area contributed by atoms with Crippen LogP contribution in [0.1, 0.15) is 18.2 Å². The van der Waals surface area contributed by atoms with Crippen molar-refractivity contribution in [2.24, 2.45) is 0 Å². The summed E-state index contributed by atoms with van der Waals surface area (Å²) < 4.78 is 13.4. The summed E-state index contributed by atoms with van der Waals surface area (Å²) in [6.07, 6.45) is 0.356. The second-order valence-electron chi connectivity index (χ2n) is 3.77. The second-order valence-corrected chi connectivity index (χ2v) is 3.77. The molecule has 0 aliphatic rings. The number of hydrogen-bond acceptors (Lipinski definition) is 1. The summed E-state index contributed by atoms with van der Waals surface area (Å²) in [5.41, 5.74) is 2.26. The lowest BCUT2D eigenvalue weighted by Crippen LogP contribution is -1.96. The van der Waals surface area contributed by atoms with E-state index in [2.05, 4.69) is 4.98 Å². The number of halogens is 1. The maximum atomic E-state index is 13.4. The number of aromatic amines is 1. The molecule has 2 aromatic rings. The molecular formula is C12H12FNO. The lowest BCUT2D eigenvalue weighted by Gasteiger charge is -1.97. The van der Waals surface area contributed by atoms with Gasteiger partial charge in [-0.05, 0) is 25.5 Å². The monoisotopic (exact) mass is 205 g/mol. The number of rotatable bonds is 2. The average molecular weight is 205 g/mol. The van der Waals surface area contributed by atoms with Crippen LogP contribution in [0.3, 0.4) is 0 Å². The molecule has 0 saturated heterocycles. The second kappa shape index (κ2) is 3.50. The number of benzene rings is 1. The standard InChI is InChI=1S/C12H12FNO/c1-7(15)6-10-8(2)14-12-9(10)4-3-5-11(12)13/h3-5,14H,6H2,1-2H3. The lowest BCUT2D eigenvalue weighted by molar-refractivity contribution is -0.116. The molecule has 15 heavy (non-hydrogen) atoms. The van der Waals surface area contributed by atoms with E-state index in [4.69, 9.17) is 0 Å². The third-order valence-electron chi connectivity index (χ3n) is 2.53. The first-order valence-electron chi connectivity index (χ1n) is 4.84. The van der Waals surface area contributed by atoms with Crippen LogP contribution in [0.4, 0.5) is 4.39 Å². The Morgan fingerprint density at radius 1 is 1.47 bits per heavy atom. The summed E-state index contributed by atoms with van der Waals surface area (Å²) in [6, 6.07) is 4.91. The summed E-state index contributed by atoms with van der Waals surface area (Å²) in [5, 5.41) is 0.808. The Morgan fingerprint density at radius 2 is 2.20 bits per heavy atom. The third kappa shape index (κ3) is 1.65. The summed E-state index contributed by atoms with van der Waals surface area (Å²) in [5.74, 6) is -0.186. The predicted octanol–water partition coefficient (Wildman–Crippen LogP) is 2.75. The maximum absolute atomic E-state index is 13.4. The number of nitrogens with one attached hydrogen (secondary N) is 1. The van der Waals surface area contributed by atoms with E-state index >= 15 is 0 Å². The molecule has 3 heteroatoms. The number of aryl methyl sites for hydroxylation is 1. The van der Waals surface area contributed by atoms with E-state index in [9.17, 15) is 9.18 Å². The number of carbonyl (C=O) groups excluding carboxylic acids is 1. The first-order valence-corrected chi connectivity index (χ1v) is 4.84. The molecular weight excluding hydrogens is 193 g/mol. The molecule has 0 aliphatic heterocycles. The van der Waals surface area contributed by atoms with Gasteiger partial charge in [0.15, 0.2) is 0 Å². The Morgan fingerprint density at radius 3 is 2.87 bits per heavy atom. The number of fused-ring (bicyclic) bond motifs is 1. The van der Waals surface area contributed by atoms with Gasteiger partial charge in [-0.25, -0.2) is 4.39 Å². The zero-order valence-electron chi connectivity index (χ0n) is 8.73. The van der Waals surface area contributed by atoms with Crippen molar-refractivity contribution in [2.45, 2.75) is 20.3 Å². The van der Waals surface area contributed by atoms with Crippen LogP contribution < -0.4 is 0 Å². The van der Waals surface area contributed by atoms with Gasteiger partial charge in [-0.1, -0.05) is 12.1 Å². The molecule has 2 nitrogen and oxygen atoms in total. The minimum absolute atomic E-state index is 0.0864. The van der Waals surface area contributed by atoms with Crippen molar-refractivity contribution in [2.75, 3.05) is 0 Å². The minimum Gasteiger partial charge on any atom is -0.356 e. The highest BCUT2D eigenvalue weighted by Crippen LogP contribution is 2.24. The molecule has 0 atom stereocenters. The molecule has 1 aromatic carbocycles. The van der Waals surface area contributed by atoms with Gasteiger partial charge in [0.1, 0.15) is 11.6 Å². The molecule has 0 bridgehead atoms. The van der Waals surface area contributed by atoms with Crippen LogP contribution in [-0.4, -0.2) is 10.8 Å². The van der Waals surface area contributed by atoms with Gasteiger partial charge in [-0.3, -0.25) is 4.79 Å². The van der Waals surface area contributed by atoms with E-state index in [1.165, 1.54) is 13.0 Å². The van der Waals surface area contributed by atoms with Gasteiger partial charge in [-0.15, -0.1) is 0 Å². The van der Waals surface area contributed by atoms with Crippen molar-refractivity contribution in [3.63, 3.8) is 0 Å². The van der Waals surface area contributed by atoms with E-state index in [0.717, 1.165) is 16.6 Å². The molecule has 0 radical (unpaired) electrons. The van der Waals surface area contributed by atoms with Crippen LogP contribution in [-0.2, 0) is 11.2 Å². The van der Waals surface area contributed by atoms with Gasteiger partial charge in [0, 0.05) is 17.5 Å². The van der Waals surface area contributed by atoms with Crippen molar-refractivity contribution in [3.05, 3.63) is 35.3 Å². The highest BCUT2D eigenvalue weighted by Gasteiger charge is 2.12. The number of aromatic nitrogens is 1. The number of para-hydroxylation sites is 1. The summed E-state index contributed by atoms with van der Waals surface area (Å²) in [4.78, 5) is 14.1. The normalized spacial score (nSPS) is 10.9. The zero-order valence-corrected chi connectivity index (χ0v) is 8.73. The molecule has 0 aliphatic carbocycles. The van der Waals surface area contributed by atoms with Gasteiger partial charge in [0.2, 0.25) is 0 Å². The number of ketones is 1. The van der Waals surface area contributed by atoms with Gasteiger partial charge in [0.25, 0.3) is 0 Å². The van der Waals surface area contributed by atoms with Gasteiger partial charge >= 0.3 is 0 Å². The van der Waals surface area contributed by atoms with E-state index < -0.39 is 0 Å². The summed E-state index contributed by atoms with van der Waals surface area (Å²) in [6.45, 7) is 3.40. The predicted molar refractivity (Wildman–Crippen MR) is 57.4 cm³/mol. The first-order chi connectivity index (χ1) is 7.09. The van der Waals surface area contributed by atoms with E-state index in [1.807, 2.05) is 13.0 Å². The highest BCUT2D eigenvalue weighted by molar-refractivity contribution is 5.90. The molecule has 0 saturated carbocycles. The average Bonchev–Trinajstić information content (AvgIpc) is 2.45. The van der Waals surface area contributed by atoms with Gasteiger partial charge in [-0.2, -0.15) is 0 Å². The molecule has 0 fully saturated rings. The van der Waals surface area contributed by atoms with Crippen molar-refractivity contribution >= 4 is 16.7 Å². The summed E-state index contributed by atoms with van der Waals surface area (Å²) in [7, 11) is 0. The SMILES string of the molecule is CC(=O)Cc1c(C)[nH]c2c(F)cccc12. The van der Waals surface area contributed by atoms with Crippen molar-refractivity contribution in [1.29, 1.82) is 0 Å². The Labute approximate surface area is 87.1 Å². The molecule has 0 amide bonds. The lowest BCUT2D eigenvalue weighted by atomic mass is 10.1.